The van der Waals surface area contributed by atoms with Crippen LogP contribution in [-0.2, 0) is 14.6 Å². The van der Waals surface area contributed by atoms with Crippen molar-refractivity contribution in [1.29, 1.82) is 0 Å². The van der Waals surface area contributed by atoms with Crippen LogP contribution in [0.5, 0.6) is 11.5 Å². The van der Waals surface area contributed by atoms with Gasteiger partial charge in [0.25, 0.3) is 0 Å². The molecule has 0 bridgehead atoms. The number of sulfone groups is 1. The van der Waals surface area contributed by atoms with Crippen molar-refractivity contribution >= 4 is 33.0 Å². The molecule has 2 aromatic rings. The lowest BCUT2D eigenvalue weighted by atomic mass is 10.1. The molecule has 8 heteroatoms. The average Bonchev–Trinajstić information content (AvgIpc) is 2.61. The number of methoxy groups -OCH3 is 2. The Morgan fingerprint density at radius 2 is 1.65 bits per heavy atom. The van der Waals surface area contributed by atoms with Gasteiger partial charge in [-0.2, -0.15) is 0 Å². The fourth-order valence-corrected chi connectivity index (χ4v) is 3.68. The molecule has 0 heterocycles. The highest BCUT2D eigenvalue weighted by molar-refractivity contribution is 7.91. The number of ether oxygens (including phenoxy) is 2. The third-order valence-electron chi connectivity index (χ3n) is 3.78. The maximum Gasteiger partial charge on any atom is 0.225 e. The lowest BCUT2D eigenvalue weighted by molar-refractivity contribution is -0.115. The van der Waals surface area contributed by atoms with E-state index in [9.17, 15) is 13.2 Å². The zero-order chi connectivity index (χ0) is 19.3. The molecule has 140 valence electrons. The summed E-state index contributed by atoms with van der Waals surface area (Å²) in [5, 5.41) is 3.16. The third kappa shape index (κ3) is 4.89. The molecule has 0 aliphatic carbocycles. The molecule has 0 radical (unpaired) electrons. The fourth-order valence-electron chi connectivity index (χ4n) is 2.31. The molecule has 0 spiro atoms. The Hall–Kier alpha value is -2.25. The monoisotopic (exact) mass is 397 g/mol. The van der Waals surface area contributed by atoms with Crippen LogP contribution in [0.2, 0.25) is 5.02 Å². The molecule has 2 aromatic carbocycles. The Balaban J connectivity index is 2.06. The van der Waals surface area contributed by atoms with Gasteiger partial charge in [-0.1, -0.05) is 11.6 Å². The molecule has 6 nitrogen and oxygen atoms in total. The summed E-state index contributed by atoms with van der Waals surface area (Å²) < 4.78 is 35.0. The number of hydrogen-bond acceptors (Lipinski definition) is 5. The maximum absolute atomic E-state index is 12.3. The van der Waals surface area contributed by atoms with Gasteiger partial charge in [0.15, 0.2) is 21.3 Å². The summed E-state index contributed by atoms with van der Waals surface area (Å²) in [4.78, 5) is 12.3. The van der Waals surface area contributed by atoms with Gasteiger partial charge in [-0.25, -0.2) is 8.42 Å². The van der Waals surface area contributed by atoms with Gasteiger partial charge in [0.2, 0.25) is 5.91 Å². The van der Waals surface area contributed by atoms with Crippen molar-refractivity contribution in [2.24, 2.45) is 0 Å². The number of halogens is 1. The van der Waals surface area contributed by atoms with Gasteiger partial charge >= 0.3 is 0 Å². The number of hydrogen-bond donors (Lipinski definition) is 1. The van der Waals surface area contributed by atoms with Crippen molar-refractivity contribution in [2.45, 2.75) is 18.2 Å². The molecule has 1 amide bonds. The molecular weight excluding hydrogens is 378 g/mol. The quantitative estimate of drug-likeness (QED) is 0.773. The molecule has 0 aliphatic rings. The van der Waals surface area contributed by atoms with Crippen LogP contribution in [0.15, 0.2) is 41.3 Å². The molecule has 2 rings (SSSR count). The minimum Gasteiger partial charge on any atom is -0.493 e. The zero-order valence-electron chi connectivity index (χ0n) is 14.7. The summed E-state index contributed by atoms with van der Waals surface area (Å²) in [6.45, 7) is 1.81. The second kappa shape index (κ2) is 8.42. The minimum absolute atomic E-state index is 0.136. The number of benzene rings is 2. The van der Waals surface area contributed by atoms with Gasteiger partial charge < -0.3 is 14.8 Å². The van der Waals surface area contributed by atoms with Crippen LogP contribution in [0.3, 0.4) is 0 Å². The van der Waals surface area contributed by atoms with E-state index in [1.165, 1.54) is 38.5 Å². The Kier molecular flexibility index (Phi) is 6.50. The standard InChI is InChI=1S/C18H20ClNO5S/c1-12-10-16(24-2)17(25-3)11-15(12)20-18(21)8-9-26(22,23)14-6-4-13(19)5-7-14/h4-7,10-11H,8-9H2,1-3H3,(H,20,21). The van der Waals surface area contributed by atoms with E-state index >= 15 is 0 Å². The maximum atomic E-state index is 12.3. The van der Waals surface area contributed by atoms with Crippen LogP contribution >= 0.6 is 11.6 Å². The van der Waals surface area contributed by atoms with E-state index in [0.717, 1.165) is 5.56 Å². The van der Waals surface area contributed by atoms with E-state index < -0.39 is 15.7 Å². The van der Waals surface area contributed by atoms with Crippen molar-refractivity contribution < 1.29 is 22.7 Å². The van der Waals surface area contributed by atoms with E-state index in [4.69, 9.17) is 21.1 Å². The lowest BCUT2D eigenvalue weighted by Crippen LogP contribution is -2.18. The predicted octanol–water partition coefficient (Wildman–Crippen LogP) is 3.47. The number of aryl methyl sites for hydroxylation is 1. The number of rotatable bonds is 7. The van der Waals surface area contributed by atoms with Crippen molar-refractivity contribution in [1.82, 2.24) is 0 Å². The smallest absolute Gasteiger partial charge is 0.225 e. The van der Waals surface area contributed by atoms with Gasteiger partial charge in [-0.3, -0.25) is 4.79 Å². The second-order valence-corrected chi connectivity index (χ2v) is 8.14. The summed E-state index contributed by atoms with van der Waals surface area (Å²) in [6.07, 6.45) is -0.168. The summed E-state index contributed by atoms with van der Waals surface area (Å²) >= 11 is 5.76. The molecule has 1 N–H and O–H groups in total. The number of carbonyl (C=O) groups is 1. The van der Waals surface area contributed by atoms with Crippen LogP contribution in [-0.4, -0.2) is 34.3 Å². The Morgan fingerprint density at radius 3 is 2.23 bits per heavy atom. The van der Waals surface area contributed by atoms with Crippen molar-refractivity contribution in [3.05, 3.63) is 47.0 Å². The first-order valence-corrected chi connectivity index (χ1v) is 9.80. The van der Waals surface area contributed by atoms with E-state index in [2.05, 4.69) is 5.32 Å². The topological polar surface area (TPSA) is 81.7 Å². The molecule has 0 atom stereocenters. The van der Waals surface area contributed by atoms with E-state index in [1.54, 1.807) is 12.1 Å². The van der Waals surface area contributed by atoms with Crippen molar-refractivity contribution in [3.63, 3.8) is 0 Å². The summed E-state index contributed by atoms with van der Waals surface area (Å²) in [7, 11) is -0.540. The molecule has 0 saturated carbocycles. The summed E-state index contributed by atoms with van der Waals surface area (Å²) in [5.74, 6) is 0.320. The average molecular weight is 398 g/mol. The molecule has 0 fully saturated rings. The minimum atomic E-state index is -3.56. The van der Waals surface area contributed by atoms with Gasteiger partial charge in [0, 0.05) is 23.2 Å². The number of amides is 1. The molecule has 0 aliphatic heterocycles. The highest BCUT2D eigenvalue weighted by Gasteiger charge is 2.17. The highest BCUT2D eigenvalue weighted by atomic mass is 35.5. The first kappa shape index (κ1) is 20.1. The Morgan fingerprint density at radius 1 is 1.08 bits per heavy atom. The molecule has 26 heavy (non-hydrogen) atoms. The van der Waals surface area contributed by atoms with Gasteiger partial charge in [0.05, 0.1) is 24.9 Å². The highest BCUT2D eigenvalue weighted by Crippen LogP contribution is 2.33. The van der Waals surface area contributed by atoms with E-state index in [0.29, 0.717) is 22.2 Å². The summed E-state index contributed by atoms with van der Waals surface area (Å²) in [5.41, 5.74) is 1.31. The van der Waals surface area contributed by atoms with Crippen LogP contribution in [0.25, 0.3) is 0 Å². The third-order valence-corrected chi connectivity index (χ3v) is 5.76. The zero-order valence-corrected chi connectivity index (χ0v) is 16.3. The molecule has 0 aromatic heterocycles. The van der Waals surface area contributed by atoms with Gasteiger partial charge in [-0.05, 0) is 42.8 Å². The number of anilines is 1. The first-order valence-electron chi connectivity index (χ1n) is 7.77. The van der Waals surface area contributed by atoms with Crippen LogP contribution in [0, 0.1) is 6.92 Å². The normalized spacial score (nSPS) is 11.1. The fraction of sp³-hybridized carbons (Fsp3) is 0.278. The van der Waals surface area contributed by atoms with Crippen molar-refractivity contribution in [3.8, 4) is 11.5 Å². The van der Waals surface area contributed by atoms with Crippen LogP contribution in [0.1, 0.15) is 12.0 Å². The molecular formula is C18H20ClNO5S. The number of nitrogens with one attached hydrogen (secondary N) is 1. The lowest BCUT2D eigenvalue weighted by Gasteiger charge is -2.13. The Bertz CT molecular complexity index is 895. The van der Waals surface area contributed by atoms with Crippen LogP contribution in [0.4, 0.5) is 5.69 Å². The van der Waals surface area contributed by atoms with Gasteiger partial charge in [-0.15, -0.1) is 0 Å². The SMILES string of the molecule is COc1cc(C)c(NC(=O)CCS(=O)(=O)c2ccc(Cl)cc2)cc1OC. The van der Waals surface area contributed by atoms with Gasteiger partial charge in [0.1, 0.15) is 0 Å². The predicted molar refractivity (Wildman–Crippen MR) is 101 cm³/mol. The molecule has 0 saturated heterocycles. The summed E-state index contributed by atoms with van der Waals surface area (Å²) in [6, 6.07) is 9.23. The van der Waals surface area contributed by atoms with Crippen molar-refractivity contribution in [2.75, 3.05) is 25.3 Å². The van der Waals surface area contributed by atoms with E-state index in [1.807, 2.05) is 6.92 Å². The number of carbonyl (C=O) groups excluding carboxylic acids is 1. The van der Waals surface area contributed by atoms with Crippen LogP contribution < -0.4 is 14.8 Å². The largest absolute Gasteiger partial charge is 0.493 e. The first-order chi connectivity index (χ1) is 12.3. The second-order valence-electron chi connectivity index (χ2n) is 5.59. The Labute approximate surface area is 158 Å². The molecule has 0 unspecified atom stereocenters. The van der Waals surface area contributed by atoms with E-state index in [-0.39, 0.29) is 17.1 Å².